The number of hydrogen-bond donors (Lipinski definition) is 3. The molecular weight excluding hydrogens is 186 g/mol. The lowest BCUT2D eigenvalue weighted by Crippen LogP contribution is -2.44. The van der Waals surface area contributed by atoms with Crippen molar-refractivity contribution in [2.75, 3.05) is 26.8 Å². The maximum atomic E-state index is 11.5. The van der Waals surface area contributed by atoms with Gasteiger partial charge in [0.25, 0.3) is 0 Å². The fourth-order valence-electron chi connectivity index (χ4n) is 1.40. The van der Waals surface area contributed by atoms with Crippen molar-refractivity contribution in [2.24, 2.45) is 11.7 Å². The first-order valence-electron chi connectivity index (χ1n) is 4.46. The van der Waals surface area contributed by atoms with E-state index in [4.69, 9.17) is 10.5 Å². The lowest BCUT2D eigenvalue weighted by molar-refractivity contribution is -0.128. The fraction of sp³-hybridized carbons (Fsp3) is 0.750. The zero-order chi connectivity index (χ0) is 10.6. The summed E-state index contributed by atoms with van der Waals surface area (Å²) < 4.78 is 5.15. The summed E-state index contributed by atoms with van der Waals surface area (Å²) in [6, 6.07) is 0.0166. The van der Waals surface area contributed by atoms with E-state index in [0.717, 1.165) is 0 Å². The first kappa shape index (κ1) is 10.9. The Labute approximate surface area is 82.2 Å². The molecule has 4 N–H and O–H groups in total. The van der Waals surface area contributed by atoms with Crippen LogP contribution >= 0.6 is 0 Å². The average Bonchev–Trinajstić information content (AvgIpc) is 2.61. The minimum Gasteiger partial charge on any atom is -0.379 e. The average molecular weight is 201 g/mol. The van der Waals surface area contributed by atoms with Gasteiger partial charge in [-0.1, -0.05) is 0 Å². The van der Waals surface area contributed by atoms with E-state index in [0.29, 0.717) is 13.2 Å². The zero-order valence-corrected chi connectivity index (χ0v) is 8.08. The van der Waals surface area contributed by atoms with Crippen LogP contribution in [0.5, 0.6) is 0 Å². The molecule has 0 aromatic heterocycles. The minimum absolute atomic E-state index is 0.0166. The number of likely N-dealkylation sites (N-methyl/N-ethyl adjacent to an activating group) is 1. The highest BCUT2D eigenvalue weighted by Gasteiger charge is 2.32. The van der Waals surface area contributed by atoms with E-state index in [1.807, 2.05) is 0 Å². The van der Waals surface area contributed by atoms with Crippen LogP contribution in [0.2, 0.25) is 0 Å². The van der Waals surface area contributed by atoms with Crippen molar-refractivity contribution in [3.05, 3.63) is 0 Å². The van der Waals surface area contributed by atoms with E-state index in [1.54, 1.807) is 7.05 Å². The highest BCUT2D eigenvalue weighted by molar-refractivity contribution is 5.85. The molecule has 6 heteroatoms. The predicted molar refractivity (Wildman–Crippen MR) is 49.4 cm³/mol. The number of carbonyl (C=O) groups is 2. The molecule has 0 aromatic carbocycles. The molecular formula is C8H15N3O3. The van der Waals surface area contributed by atoms with Gasteiger partial charge in [0, 0.05) is 6.04 Å². The van der Waals surface area contributed by atoms with Gasteiger partial charge in [-0.15, -0.1) is 0 Å². The van der Waals surface area contributed by atoms with Gasteiger partial charge in [0.2, 0.25) is 11.8 Å². The Morgan fingerprint density at radius 1 is 1.50 bits per heavy atom. The van der Waals surface area contributed by atoms with Crippen LogP contribution < -0.4 is 16.4 Å². The predicted octanol–water partition coefficient (Wildman–Crippen LogP) is -2.18. The molecule has 1 fully saturated rings. The Kier molecular flexibility index (Phi) is 3.84. The normalized spacial score (nSPS) is 26.1. The molecule has 0 radical (unpaired) electrons. The summed E-state index contributed by atoms with van der Waals surface area (Å²) in [5, 5.41) is 5.44. The van der Waals surface area contributed by atoms with Crippen LogP contribution in [0.25, 0.3) is 0 Å². The summed E-state index contributed by atoms with van der Waals surface area (Å²) in [5.41, 5.74) is 4.91. The molecule has 0 spiro atoms. The number of rotatable bonds is 4. The summed E-state index contributed by atoms with van der Waals surface area (Å²) in [7, 11) is 1.77. The molecule has 80 valence electrons. The standard InChI is InChI=1S/C8H15N3O3/c1-10-6-4-14-3-5(6)8(13)11-2-7(9)12/h5-6,10H,2-4H2,1H3,(H2,9,12)(H,11,13). The maximum absolute atomic E-state index is 11.5. The van der Waals surface area contributed by atoms with Gasteiger partial charge in [-0.2, -0.15) is 0 Å². The quantitative estimate of drug-likeness (QED) is 0.482. The second kappa shape index (κ2) is 4.92. The zero-order valence-electron chi connectivity index (χ0n) is 8.08. The fourth-order valence-corrected chi connectivity index (χ4v) is 1.40. The Balaban J connectivity index is 2.39. The molecule has 2 amide bonds. The topological polar surface area (TPSA) is 93.4 Å². The summed E-state index contributed by atoms with van der Waals surface area (Å²) in [4.78, 5) is 21.9. The van der Waals surface area contributed by atoms with Crippen LogP contribution in [-0.4, -0.2) is 44.7 Å². The molecule has 1 saturated heterocycles. The van der Waals surface area contributed by atoms with Gasteiger partial charge in [-0.3, -0.25) is 9.59 Å². The number of nitrogens with two attached hydrogens (primary N) is 1. The highest BCUT2D eigenvalue weighted by atomic mass is 16.5. The Bertz CT molecular complexity index is 232. The van der Waals surface area contributed by atoms with Crippen molar-refractivity contribution in [2.45, 2.75) is 6.04 Å². The van der Waals surface area contributed by atoms with E-state index in [-0.39, 0.29) is 24.4 Å². The molecule has 1 aliphatic heterocycles. The number of carbonyl (C=O) groups excluding carboxylic acids is 2. The minimum atomic E-state index is -0.543. The van der Waals surface area contributed by atoms with E-state index in [9.17, 15) is 9.59 Å². The van der Waals surface area contributed by atoms with Crippen molar-refractivity contribution < 1.29 is 14.3 Å². The molecule has 0 aromatic rings. The van der Waals surface area contributed by atoms with Crippen LogP contribution in [0, 0.1) is 5.92 Å². The summed E-state index contributed by atoms with van der Waals surface area (Å²) >= 11 is 0. The number of amides is 2. The van der Waals surface area contributed by atoms with Crippen LogP contribution in [0.3, 0.4) is 0 Å². The van der Waals surface area contributed by atoms with Gasteiger partial charge < -0.3 is 21.1 Å². The van der Waals surface area contributed by atoms with Gasteiger partial charge in [-0.05, 0) is 7.05 Å². The van der Waals surface area contributed by atoms with Crippen LogP contribution in [0.15, 0.2) is 0 Å². The summed E-state index contributed by atoms with van der Waals surface area (Å²) in [6.45, 7) is 0.785. The first-order chi connectivity index (χ1) is 6.65. The molecule has 1 rings (SSSR count). The van der Waals surface area contributed by atoms with E-state index in [1.165, 1.54) is 0 Å². The number of hydrogen-bond acceptors (Lipinski definition) is 4. The third kappa shape index (κ3) is 2.68. The second-order valence-electron chi connectivity index (χ2n) is 3.22. The van der Waals surface area contributed by atoms with Crippen molar-refractivity contribution in [3.63, 3.8) is 0 Å². The molecule has 2 unspecified atom stereocenters. The molecule has 14 heavy (non-hydrogen) atoms. The van der Waals surface area contributed by atoms with Crippen molar-refractivity contribution in [1.29, 1.82) is 0 Å². The summed E-state index contributed by atoms with van der Waals surface area (Å²) in [6.07, 6.45) is 0. The Morgan fingerprint density at radius 3 is 2.79 bits per heavy atom. The van der Waals surface area contributed by atoms with Crippen molar-refractivity contribution >= 4 is 11.8 Å². The third-order valence-electron chi connectivity index (χ3n) is 2.22. The Morgan fingerprint density at radius 2 is 2.21 bits per heavy atom. The van der Waals surface area contributed by atoms with Gasteiger partial charge in [0.1, 0.15) is 0 Å². The van der Waals surface area contributed by atoms with Crippen molar-refractivity contribution in [1.82, 2.24) is 10.6 Å². The lowest BCUT2D eigenvalue weighted by Gasteiger charge is -2.15. The highest BCUT2D eigenvalue weighted by Crippen LogP contribution is 2.12. The molecule has 6 nitrogen and oxygen atoms in total. The number of ether oxygens (including phenoxy) is 1. The van der Waals surface area contributed by atoms with E-state index < -0.39 is 5.91 Å². The summed E-state index contributed by atoms with van der Waals surface area (Å²) in [5.74, 6) is -0.974. The SMILES string of the molecule is CNC1COCC1C(=O)NCC(N)=O. The van der Waals surface area contributed by atoms with Gasteiger partial charge in [0.15, 0.2) is 0 Å². The maximum Gasteiger partial charge on any atom is 0.236 e. The smallest absolute Gasteiger partial charge is 0.236 e. The molecule has 1 heterocycles. The molecule has 0 saturated carbocycles. The largest absolute Gasteiger partial charge is 0.379 e. The van der Waals surface area contributed by atoms with Crippen LogP contribution in [0.4, 0.5) is 0 Å². The van der Waals surface area contributed by atoms with Crippen LogP contribution in [-0.2, 0) is 14.3 Å². The molecule has 2 atom stereocenters. The lowest BCUT2D eigenvalue weighted by atomic mass is 10.0. The first-order valence-corrected chi connectivity index (χ1v) is 4.46. The monoisotopic (exact) mass is 201 g/mol. The molecule has 0 bridgehead atoms. The van der Waals surface area contributed by atoms with E-state index >= 15 is 0 Å². The number of nitrogens with one attached hydrogen (secondary N) is 2. The van der Waals surface area contributed by atoms with Gasteiger partial charge in [-0.25, -0.2) is 0 Å². The molecule has 0 aliphatic carbocycles. The third-order valence-corrected chi connectivity index (χ3v) is 2.22. The molecule has 1 aliphatic rings. The number of primary amides is 1. The van der Waals surface area contributed by atoms with Gasteiger partial charge in [0.05, 0.1) is 25.7 Å². The van der Waals surface area contributed by atoms with Crippen LogP contribution in [0.1, 0.15) is 0 Å². The van der Waals surface area contributed by atoms with Crippen molar-refractivity contribution in [3.8, 4) is 0 Å². The second-order valence-corrected chi connectivity index (χ2v) is 3.22. The van der Waals surface area contributed by atoms with E-state index in [2.05, 4.69) is 10.6 Å². The van der Waals surface area contributed by atoms with Gasteiger partial charge >= 0.3 is 0 Å². The Hall–Kier alpha value is -1.14.